The number of ether oxygens (including phenoxy) is 1. The van der Waals surface area contributed by atoms with Crippen molar-refractivity contribution < 1.29 is 14.3 Å². The normalized spacial score (nSPS) is 13.3. The van der Waals surface area contributed by atoms with Crippen LogP contribution in [0.25, 0.3) is 0 Å². The van der Waals surface area contributed by atoms with Gasteiger partial charge in [-0.1, -0.05) is 0 Å². The highest BCUT2D eigenvalue weighted by Gasteiger charge is 2.09. The minimum absolute atomic E-state index is 0.0804. The van der Waals surface area contributed by atoms with E-state index in [1.807, 2.05) is 27.7 Å². The van der Waals surface area contributed by atoms with E-state index in [0.29, 0.717) is 26.3 Å². The van der Waals surface area contributed by atoms with Crippen molar-refractivity contribution in [2.45, 2.75) is 39.8 Å². The number of urea groups is 2. The fourth-order valence-corrected chi connectivity index (χ4v) is 1.38. The van der Waals surface area contributed by atoms with Crippen LogP contribution < -0.4 is 21.3 Å². The number of hydrogen-bond acceptors (Lipinski definition) is 3. The van der Waals surface area contributed by atoms with E-state index in [9.17, 15) is 9.59 Å². The van der Waals surface area contributed by atoms with Gasteiger partial charge < -0.3 is 26.0 Å². The summed E-state index contributed by atoms with van der Waals surface area (Å²) in [6.07, 6.45) is 0. The fourth-order valence-electron chi connectivity index (χ4n) is 1.38. The van der Waals surface area contributed by atoms with Crippen LogP contribution in [0.1, 0.15) is 27.7 Å². The molecule has 0 rings (SSSR count). The highest BCUT2D eigenvalue weighted by Crippen LogP contribution is 1.89. The SMILES string of the molecule is CCNC(=O)NC(C)COCC(C)NC(=O)NCC. The minimum Gasteiger partial charge on any atom is -0.377 e. The molecular formula is C12H26N4O3. The molecule has 2 unspecified atom stereocenters. The van der Waals surface area contributed by atoms with Crippen molar-refractivity contribution in [3.63, 3.8) is 0 Å². The highest BCUT2D eigenvalue weighted by molar-refractivity contribution is 5.74. The van der Waals surface area contributed by atoms with Crippen LogP contribution in [-0.2, 0) is 4.74 Å². The molecule has 7 heteroatoms. The predicted molar refractivity (Wildman–Crippen MR) is 74.2 cm³/mol. The van der Waals surface area contributed by atoms with Gasteiger partial charge >= 0.3 is 12.1 Å². The van der Waals surface area contributed by atoms with Gasteiger partial charge in [-0.05, 0) is 27.7 Å². The van der Waals surface area contributed by atoms with Crippen molar-refractivity contribution in [1.29, 1.82) is 0 Å². The summed E-state index contributed by atoms with van der Waals surface area (Å²) in [6.45, 7) is 9.41. The van der Waals surface area contributed by atoms with E-state index < -0.39 is 0 Å². The molecule has 7 nitrogen and oxygen atoms in total. The van der Waals surface area contributed by atoms with Gasteiger partial charge in [0.25, 0.3) is 0 Å². The quantitative estimate of drug-likeness (QED) is 0.517. The number of hydrogen-bond donors (Lipinski definition) is 4. The third-order valence-corrected chi connectivity index (χ3v) is 2.17. The molecule has 0 fully saturated rings. The molecule has 0 aromatic carbocycles. The van der Waals surface area contributed by atoms with Gasteiger partial charge in [0, 0.05) is 13.1 Å². The molecule has 2 atom stereocenters. The molecule has 0 aliphatic carbocycles. The Labute approximate surface area is 114 Å². The van der Waals surface area contributed by atoms with Gasteiger partial charge in [0.15, 0.2) is 0 Å². The molecule has 0 saturated heterocycles. The van der Waals surface area contributed by atoms with E-state index in [1.54, 1.807) is 0 Å². The Kier molecular flexibility index (Phi) is 9.60. The van der Waals surface area contributed by atoms with Crippen molar-refractivity contribution in [2.24, 2.45) is 0 Å². The maximum atomic E-state index is 11.2. The van der Waals surface area contributed by atoms with Crippen molar-refractivity contribution >= 4 is 12.1 Å². The summed E-state index contributed by atoms with van der Waals surface area (Å²) in [4.78, 5) is 22.4. The third-order valence-electron chi connectivity index (χ3n) is 2.17. The average molecular weight is 274 g/mol. The summed E-state index contributed by atoms with van der Waals surface area (Å²) in [5, 5.41) is 10.8. The molecule has 0 saturated carbocycles. The molecule has 0 aliphatic heterocycles. The zero-order chi connectivity index (χ0) is 14.7. The lowest BCUT2D eigenvalue weighted by molar-refractivity contribution is 0.102. The summed E-state index contributed by atoms with van der Waals surface area (Å²) >= 11 is 0. The molecule has 112 valence electrons. The fraction of sp³-hybridized carbons (Fsp3) is 0.833. The monoisotopic (exact) mass is 274 g/mol. The van der Waals surface area contributed by atoms with Crippen LogP contribution >= 0.6 is 0 Å². The van der Waals surface area contributed by atoms with Gasteiger partial charge in [-0.15, -0.1) is 0 Å². The molecule has 0 aliphatic rings. The molecule has 0 heterocycles. The Morgan fingerprint density at radius 3 is 1.58 bits per heavy atom. The van der Waals surface area contributed by atoms with Crippen LogP contribution in [0.15, 0.2) is 0 Å². The molecule has 4 N–H and O–H groups in total. The van der Waals surface area contributed by atoms with E-state index in [4.69, 9.17) is 4.74 Å². The first-order valence-electron chi connectivity index (χ1n) is 6.66. The molecular weight excluding hydrogens is 248 g/mol. The van der Waals surface area contributed by atoms with Gasteiger partial charge in [0.1, 0.15) is 0 Å². The van der Waals surface area contributed by atoms with Gasteiger partial charge in [0.05, 0.1) is 25.3 Å². The van der Waals surface area contributed by atoms with E-state index in [2.05, 4.69) is 21.3 Å². The Morgan fingerprint density at radius 1 is 0.895 bits per heavy atom. The Bertz CT molecular complexity index is 248. The van der Waals surface area contributed by atoms with Crippen LogP contribution in [0.4, 0.5) is 9.59 Å². The average Bonchev–Trinajstić information content (AvgIpc) is 2.28. The number of carbonyl (C=O) groups is 2. The van der Waals surface area contributed by atoms with Crippen LogP contribution in [0, 0.1) is 0 Å². The lowest BCUT2D eigenvalue weighted by Crippen LogP contribution is -2.44. The maximum absolute atomic E-state index is 11.2. The van der Waals surface area contributed by atoms with Crippen LogP contribution in [-0.4, -0.2) is 50.4 Å². The van der Waals surface area contributed by atoms with Gasteiger partial charge in [-0.2, -0.15) is 0 Å². The minimum atomic E-state index is -0.202. The summed E-state index contributed by atoms with van der Waals surface area (Å²) in [5.41, 5.74) is 0. The van der Waals surface area contributed by atoms with Crippen molar-refractivity contribution in [2.75, 3.05) is 26.3 Å². The van der Waals surface area contributed by atoms with Crippen molar-refractivity contribution in [1.82, 2.24) is 21.3 Å². The van der Waals surface area contributed by atoms with Gasteiger partial charge in [-0.3, -0.25) is 0 Å². The third kappa shape index (κ3) is 10.1. The number of rotatable bonds is 8. The zero-order valence-electron chi connectivity index (χ0n) is 12.2. The molecule has 0 spiro atoms. The number of nitrogens with one attached hydrogen (secondary N) is 4. The second-order valence-electron chi connectivity index (χ2n) is 4.35. The first kappa shape index (κ1) is 17.5. The van der Waals surface area contributed by atoms with Crippen LogP contribution in [0.2, 0.25) is 0 Å². The van der Waals surface area contributed by atoms with Gasteiger partial charge in [-0.25, -0.2) is 9.59 Å². The van der Waals surface area contributed by atoms with E-state index in [0.717, 1.165) is 0 Å². The van der Waals surface area contributed by atoms with Crippen molar-refractivity contribution in [3.8, 4) is 0 Å². The molecule has 4 amide bonds. The summed E-state index contributed by atoms with van der Waals surface area (Å²) < 4.78 is 5.43. The standard InChI is InChI=1S/C12H26N4O3/c1-5-13-11(17)15-9(3)7-19-8-10(4)16-12(18)14-6-2/h9-10H,5-8H2,1-4H3,(H2,13,15,17)(H2,14,16,18). The first-order valence-corrected chi connectivity index (χ1v) is 6.66. The summed E-state index contributed by atoms with van der Waals surface area (Å²) in [7, 11) is 0. The summed E-state index contributed by atoms with van der Waals surface area (Å²) in [6, 6.07) is -0.564. The predicted octanol–water partition coefficient (Wildman–Crippen LogP) is 0.418. The van der Waals surface area contributed by atoms with Crippen LogP contribution in [0.3, 0.4) is 0 Å². The van der Waals surface area contributed by atoms with E-state index in [-0.39, 0.29) is 24.1 Å². The molecule has 19 heavy (non-hydrogen) atoms. The Balaban J connectivity index is 3.66. The molecule has 0 aromatic rings. The number of carbonyl (C=O) groups excluding carboxylic acids is 2. The zero-order valence-corrected chi connectivity index (χ0v) is 12.2. The topological polar surface area (TPSA) is 91.5 Å². The second-order valence-corrected chi connectivity index (χ2v) is 4.35. The van der Waals surface area contributed by atoms with Gasteiger partial charge in [0.2, 0.25) is 0 Å². The Hall–Kier alpha value is -1.50. The summed E-state index contributed by atoms with van der Waals surface area (Å²) in [5.74, 6) is 0. The maximum Gasteiger partial charge on any atom is 0.315 e. The smallest absolute Gasteiger partial charge is 0.315 e. The molecule has 0 bridgehead atoms. The first-order chi connectivity index (χ1) is 8.99. The van der Waals surface area contributed by atoms with Crippen molar-refractivity contribution in [3.05, 3.63) is 0 Å². The highest BCUT2D eigenvalue weighted by atomic mass is 16.5. The van der Waals surface area contributed by atoms with E-state index in [1.165, 1.54) is 0 Å². The number of amides is 4. The lowest BCUT2D eigenvalue weighted by Gasteiger charge is -2.17. The Morgan fingerprint density at radius 2 is 1.26 bits per heavy atom. The second kappa shape index (κ2) is 10.4. The molecule has 0 aromatic heterocycles. The van der Waals surface area contributed by atoms with Crippen LogP contribution in [0.5, 0.6) is 0 Å². The lowest BCUT2D eigenvalue weighted by atomic mass is 10.3. The molecule has 0 radical (unpaired) electrons. The largest absolute Gasteiger partial charge is 0.377 e. The van der Waals surface area contributed by atoms with E-state index >= 15 is 0 Å².